The average molecular weight is 382 g/mol. The quantitative estimate of drug-likeness (QED) is 0.615. The number of ether oxygens (including phenoxy) is 1. The van der Waals surface area contributed by atoms with Crippen LogP contribution in [0.1, 0.15) is 23.3 Å². The van der Waals surface area contributed by atoms with E-state index in [0.717, 1.165) is 10.8 Å². The van der Waals surface area contributed by atoms with Gasteiger partial charge in [0.1, 0.15) is 11.6 Å². The van der Waals surface area contributed by atoms with Crippen molar-refractivity contribution in [2.45, 2.75) is 17.1 Å². The Morgan fingerprint density at radius 3 is 2.37 bits per heavy atom. The molecule has 138 valence electrons. The van der Waals surface area contributed by atoms with Crippen molar-refractivity contribution in [3.8, 4) is 5.75 Å². The van der Waals surface area contributed by atoms with Crippen LogP contribution in [0.2, 0.25) is 0 Å². The molecule has 0 radical (unpaired) electrons. The van der Waals surface area contributed by atoms with Crippen molar-refractivity contribution < 1.29 is 17.5 Å². The molecule has 1 aliphatic carbocycles. The number of allylic oxidation sites excluding steroid dienone is 1. The lowest BCUT2D eigenvalue weighted by atomic mass is 9.86. The summed E-state index contributed by atoms with van der Waals surface area (Å²) in [6.07, 6.45) is 1.41. The molecule has 0 spiro atoms. The van der Waals surface area contributed by atoms with Crippen molar-refractivity contribution in [1.29, 1.82) is 0 Å². The first-order valence-corrected chi connectivity index (χ1v) is 10.3. The van der Waals surface area contributed by atoms with Crippen LogP contribution >= 0.6 is 0 Å². The molecule has 0 saturated heterocycles. The molecule has 0 aromatic heterocycles. The fraction of sp³-hybridized carbons (Fsp3) is 0.182. The minimum absolute atomic E-state index is 0.203. The van der Waals surface area contributed by atoms with E-state index in [4.69, 9.17) is 4.74 Å². The van der Waals surface area contributed by atoms with Gasteiger partial charge in [0.2, 0.25) is 0 Å². The molecule has 5 heteroatoms. The zero-order valence-electron chi connectivity index (χ0n) is 15.0. The molecule has 27 heavy (non-hydrogen) atoms. The molecular formula is C22H19FO3S. The second-order valence-electron chi connectivity index (χ2n) is 6.76. The molecule has 3 aromatic rings. The molecule has 3 aromatic carbocycles. The lowest BCUT2D eigenvalue weighted by Gasteiger charge is -2.29. The Morgan fingerprint density at radius 1 is 0.963 bits per heavy atom. The molecule has 0 heterocycles. The second-order valence-corrected chi connectivity index (χ2v) is 8.83. The minimum atomic E-state index is -3.73. The fourth-order valence-corrected chi connectivity index (χ4v) is 5.85. The highest BCUT2D eigenvalue weighted by Crippen LogP contribution is 2.47. The Balaban J connectivity index is 1.97. The Labute approximate surface area is 158 Å². The molecule has 0 N–H and O–H groups in total. The van der Waals surface area contributed by atoms with Crippen LogP contribution in [0.4, 0.5) is 4.39 Å². The molecular weight excluding hydrogens is 363 g/mol. The molecule has 0 aliphatic heterocycles. The highest BCUT2D eigenvalue weighted by molar-refractivity contribution is 7.91. The van der Waals surface area contributed by atoms with Crippen molar-refractivity contribution in [2.75, 3.05) is 7.11 Å². The summed E-state index contributed by atoms with van der Waals surface area (Å²) < 4.78 is 46.8. The first-order chi connectivity index (χ1) is 12.9. The molecule has 0 saturated carbocycles. The highest BCUT2D eigenvalue weighted by Gasteiger charge is 2.39. The van der Waals surface area contributed by atoms with Gasteiger partial charge in [0, 0.05) is 5.56 Å². The number of benzene rings is 3. The van der Waals surface area contributed by atoms with E-state index in [9.17, 15) is 12.8 Å². The van der Waals surface area contributed by atoms with Crippen molar-refractivity contribution in [3.05, 3.63) is 77.9 Å². The van der Waals surface area contributed by atoms with Gasteiger partial charge < -0.3 is 4.74 Å². The predicted molar refractivity (Wildman–Crippen MR) is 105 cm³/mol. The zero-order valence-corrected chi connectivity index (χ0v) is 15.8. The number of sulfone groups is 1. The summed E-state index contributed by atoms with van der Waals surface area (Å²) in [4.78, 5) is 0.203. The molecule has 3 nitrogen and oxygen atoms in total. The smallest absolute Gasteiger partial charge is 0.185 e. The van der Waals surface area contributed by atoms with Crippen LogP contribution < -0.4 is 4.74 Å². The maximum Gasteiger partial charge on any atom is 0.185 e. The van der Waals surface area contributed by atoms with Crippen molar-refractivity contribution in [3.63, 3.8) is 0 Å². The molecule has 0 amide bonds. The fourth-order valence-electron chi connectivity index (χ4n) is 3.83. The standard InChI is InChI=1S/C22H19FO3S/c1-14-13-20(23)19-12-7-15-5-3-4-6-18(15)21(19)22(14)27(24,25)17-10-8-16(26-2)9-11-17/h3-14,22H,1-2H3. The lowest BCUT2D eigenvalue weighted by molar-refractivity contribution is 0.414. The predicted octanol–water partition coefficient (Wildman–Crippen LogP) is 5.32. The number of fused-ring (bicyclic) bond motifs is 3. The van der Waals surface area contributed by atoms with Gasteiger partial charge in [-0.15, -0.1) is 0 Å². The van der Waals surface area contributed by atoms with Crippen LogP contribution in [0.5, 0.6) is 5.75 Å². The molecule has 0 fully saturated rings. The van der Waals surface area contributed by atoms with Crippen LogP contribution in [0, 0.1) is 5.92 Å². The van der Waals surface area contributed by atoms with E-state index in [1.165, 1.54) is 13.2 Å². The number of halogens is 1. The van der Waals surface area contributed by atoms with Gasteiger partial charge in [-0.2, -0.15) is 0 Å². The maximum absolute atomic E-state index is 14.7. The van der Waals surface area contributed by atoms with Crippen LogP contribution in [0.3, 0.4) is 0 Å². The SMILES string of the molecule is COc1ccc(S(=O)(=O)C2c3c(ccc4ccccc34)C(F)=CC2C)cc1. The number of methoxy groups -OCH3 is 1. The van der Waals surface area contributed by atoms with Crippen LogP contribution in [-0.2, 0) is 9.84 Å². The highest BCUT2D eigenvalue weighted by atomic mass is 32.2. The summed E-state index contributed by atoms with van der Waals surface area (Å²) in [6, 6.07) is 17.3. The summed E-state index contributed by atoms with van der Waals surface area (Å²) in [6.45, 7) is 1.75. The summed E-state index contributed by atoms with van der Waals surface area (Å²) in [5.74, 6) is -0.276. The number of rotatable bonds is 3. The molecule has 1 aliphatic rings. The number of hydrogen-bond donors (Lipinski definition) is 0. The largest absolute Gasteiger partial charge is 0.497 e. The third kappa shape index (κ3) is 2.82. The minimum Gasteiger partial charge on any atom is -0.497 e. The Morgan fingerprint density at radius 2 is 1.67 bits per heavy atom. The van der Waals surface area contributed by atoms with Gasteiger partial charge in [-0.25, -0.2) is 12.8 Å². The second kappa shape index (κ2) is 6.50. The van der Waals surface area contributed by atoms with E-state index >= 15 is 0 Å². The van der Waals surface area contributed by atoms with Crippen LogP contribution in [0.25, 0.3) is 16.6 Å². The third-order valence-corrected chi connectivity index (χ3v) is 7.38. The number of hydrogen-bond acceptors (Lipinski definition) is 3. The van der Waals surface area contributed by atoms with Crippen molar-refractivity contribution >= 4 is 26.4 Å². The van der Waals surface area contributed by atoms with E-state index in [1.54, 1.807) is 37.3 Å². The van der Waals surface area contributed by atoms with E-state index < -0.39 is 21.0 Å². The Hall–Kier alpha value is -2.66. The normalized spacial score (nSPS) is 19.4. The van der Waals surface area contributed by atoms with Gasteiger partial charge >= 0.3 is 0 Å². The lowest BCUT2D eigenvalue weighted by Crippen LogP contribution is -2.23. The summed E-state index contributed by atoms with van der Waals surface area (Å²) >= 11 is 0. The van der Waals surface area contributed by atoms with Gasteiger partial charge in [-0.05, 0) is 52.6 Å². The van der Waals surface area contributed by atoms with Crippen molar-refractivity contribution in [1.82, 2.24) is 0 Å². The monoisotopic (exact) mass is 382 g/mol. The average Bonchev–Trinajstić information content (AvgIpc) is 2.67. The molecule has 0 bridgehead atoms. The van der Waals surface area contributed by atoms with E-state index in [2.05, 4.69) is 0 Å². The van der Waals surface area contributed by atoms with Gasteiger partial charge in [0.05, 0.1) is 17.3 Å². The third-order valence-electron chi connectivity index (χ3n) is 5.12. The van der Waals surface area contributed by atoms with E-state index in [-0.39, 0.29) is 10.7 Å². The van der Waals surface area contributed by atoms with Gasteiger partial charge in [-0.1, -0.05) is 43.3 Å². The molecule has 4 rings (SSSR count). The molecule has 2 atom stereocenters. The topological polar surface area (TPSA) is 43.4 Å². The first kappa shape index (κ1) is 17.7. The van der Waals surface area contributed by atoms with Crippen LogP contribution in [-0.4, -0.2) is 15.5 Å². The van der Waals surface area contributed by atoms with Gasteiger partial charge in [0.15, 0.2) is 9.84 Å². The van der Waals surface area contributed by atoms with Crippen molar-refractivity contribution in [2.24, 2.45) is 5.92 Å². The first-order valence-electron chi connectivity index (χ1n) is 8.71. The summed E-state index contributed by atoms with van der Waals surface area (Å²) in [5.41, 5.74) is 0.894. The van der Waals surface area contributed by atoms with Gasteiger partial charge in [0.25, 0.3) is 0 Å². The molecule has 2 unspecified atom stereocenters. The van der Waals surface area contributed by atoms with Gasteiger partial charge in [-0.3, -0.25) is 0 Å². The summed E-state index contributed by atoms with van der Waals surface area (Å²) in [5, 5.41) is 0.812. The van der Waals surface area contributed by atoms with E-state index in [0.29, 0.717) is 16.9 Å². The van der Waals surface area contributed by atoms with Crippen LogP contribution in [0.15, 0.2) is 71.6 Å². The zero-order chi connectivity index (χ0) is 19.2. The van der Waals surface area contributed by atoms with E-state index in [1.807, 2.05) is 30.3 Å². The Bertz CT molecular complexity index is 1150. The maximum atomic E-state index is 14.7. The Kier molecular flexibility index (Phi) is 4.27. The summed E-state index contributed by atoms with van der Waals surface area (Å²) in [7, 11) is -2.20.